The number of benzene rings is 1. The van der Waals surface area contributed by atoms with Gasteiger partial charge in [0.1, 0.15) is 11.6 Å². The summed E-state index contributed by atoms with van der Waals surface area (Å²) < 4.78 is 5.49. The van der Waals surface area contributed by atoms with Gasteiger partial charge in [-0.1, -0.05) is 12.1 Å². The largest absolute Gasteiger partial charge is 0.368 e. The van der Waals surface area contributed by atoms with E-state index in [-0.39, 0.29) is 11.8 Å². The van der Waals surface area contributed by atoms with Gasteiger partial charge in [0.2, 0.25) is 5.91 Å². The molecule has 0 saturated carbocycles. The first-order valence-electron chi connectivity index (χ1n) is 6.88. The van der Waals surface area contributed by atoms with Crippen molar-refractivity contribution in [3.05, 3.63) is 24.3 Å². The summed E-state index contributed by atoms with van der Waals surface area (Å²) in [5.41, 5.74) is 0.484. The van der Waals surface area contributed by atoms with Gasteiger partial charge in [0, 0.05) is 6.61 Å². The number of nitrogens with zero attached hydrogens (tertiary/aromatic N) is 1. The Labute approximate surface area is 117 Å². The lowest BCUT2D eigenvalue weighted by molar-refractivity contribution is -0.132. The second-order valence-electron chi connectivity index (χ2n) is 5.71. The first-order chi connectivity index (χ1) is 9.51. The number of para-hydroxylation sites is 2. The van der Waals surface area contributed by atoms with Gasteiger partial charge in [0.25, 0.3) is 5.91 Å². The zero-order valence-electron chi connectivity index (χ0n) is 11.7. The standard InChI is InChI=1S/C15H18N2O3/c1-15(2)14(19)16-10-6-3-4-7-11(10)17(15)13(18)12-8-5-9-20-12/h3-4,6-7,12H,5,8-9H2,1-2H3,(H,16,19). The number of carbonyl (C=O) groups excluding carboxylic acids is 2. The summed E-state index contributed by atoms with van der Waals surface area (Å²) in [6.07, 6.45) is 1.17. The van der Waals surface area contributed by atoms with Gasteiger partial charge >= 0.3 is 0 Å². The Bertz CT molecular complexity index is 562. The second kappa shape index (κ2) is 4.59. The van der Waals surface area contributed by atoms with Crippen molar-refractivity contribution in [2.24, 2.45) is 0 Å². The second-order valence-corrected chi connectivity index (χ2v) is 5.71. The zero-order valence-corrected chi connectivity index (χ0v) is 11.7. The van der Waals surface area contributed by atoms with E-state index in [4.69, 9.17) is 4.74 Å². The van der Waals surface area contributed by atoms with Crippen LogP contribution in [0, 0.1) is 0 Å². The van der Waals surface area contributed by atoms with Crippen LogP contribution in [0.1, 0.15) is 26.7 Å². The fourth-order valence-corrected chi connectivity index (χ4v) is 2.76. The Kier molecular flexibility index (Phi) is 3.01. The Balaban J connectivity index is 2.05. The van der Waals surface area contributed by atoms with Crippen molar-refractivity contribution >= 4 is 23.2 Å². The number of anilines is 2. The van der Waals surface area contributed by atoms with Crippen LogP contribution in [-0.4, -0.2) is 30.1 Å². The van der Waals surface area contributed by atoms with Crippen molar-refractivity contribution in [3.63, 3.8) is 0 Å². The third-order valence-corrected chi connectivity index (χ3v) is 3.93. The van der Waals surface area contributed by atoms with Crippen molar-refractivity contribution in [1.82, 2.24) is 0 Å². The number of rotatable bonds is 1. The van der Waals surface area contributed by atoms with Crippen molar-refractivity contribution in [2.75, 3.05) is 16.8 Å². The maximum Gasteiger partial charge on any atom is 0.257 e. The molecule has 1 N–H and O–H groups in total. The number of amides is 2. The number of nitrogens with one attached hydrogen (secondary N) is 1. The van der Waals surface area contributed by atoms with Crippen LogP contribution >= 0.6 is 0 Å². The molecule has 2 aliphatic rings. The molecule has 20 heavy (non-hydrogen) atoms. The number of ether oxygens (including phenoxy) is 1. The summed E-state index contributed by atoms with van der Waals surface area (Å²) >= 11 is 0. The molecule has 1 atom stereocenters. The van der Waals surface area contributed by atoms with Crippen LogP contribution < -0.4 is 10.2 Å². The molecule has 106 valence electrons. The van der Waals surface area contributed by atoms with Crippen LogP contribution in [0.2, 0.25) is 0 Å². The van der Waals surface area contributed by atoms with Crippen molar-refractivity contribution < 1.29 is 14.3 Å². The van der Waals surface area contributed by atoms with E-state index < -0.39 is 11.6 Å². The van der Waals surface area contributed by atoms with E-state index in [9.17, 15) is 9.59 Å². The highest BCUT2D eigenvalue weighted by Gasteiger charge is 2.45. The molecule has 0 spiro atoms. The van der Waals surface area contributed by atoms with E-state index in [0.29, 0.717) is 12.3 Å². The molecule has 1 unspecified atom stereocenters. The van der Waals surface area contributed by atoms with Crippen LogP contribution in [0.5, 0.6) is 0 Å². The molecule has 0 bridgehead atoms. The van der Waals surface area contributed by atoms with Crippen LogP contribution in [0.25, 0.3) is 0 Å². The SMILES string of the molecule is CC1(C)C(=O)Nc2ccccc2N1C(=O)C1CCCO1. The third-order valence-electron chi connectivity index (χ3n) is 3.93. The molecular formula is C15H18N2O3. The van der Waals surface area contributed by atoms with Gasteiger partial charge in [0.05, 0.1) is 11.4 Å². The highest BCUT2D eigenvalue weighted by molar-refractivity contribution is 6.15. The van der Waals surface area contributed by atoms with E-state index in [1.165, 1.54) is 0 Å². The number of carbonyl (C=O) groups is 2. The van der Waals surface area contributed by atoms with E-state index in [1.54, 1.807) is 24.8 Å². The van der Waals surface area contributed by atoms with Gasteiger partial charge in [-0.2, -0.15) is 0 Å². The summed E-state index contributed by atoms with van der Waals surface area (Å²) in [4.78, 5) is 26.6. The third kappa shape index (κ3) is 1.89. The molecule has 1 aromatic rings. The molecular weight excluding hydrogens is 256 g/mol. The minimum absolute atomic E-state index is 0.130. The number of hydrogen-bond acceptors (Lipinski definition) is 3. The monoisotopic (exact) mass is 274 g/mol. The van der Waals surface area contributed by atoms with Gasteiger partial charge in [-0.3, -0.25) is 14.5 Å². The first kappa shape index (κ1) is 13.1. The summed E-state index contributed by atoms with van der Waals surface area (Å²) in [7, 11) is 0. The van der Waals surface area contributed by atoms with Gasteiger partial charge in [-0.05, 0) is 38.8 Å². The fraction of sp³-hybridized carbons (Fsp3) is 0.467. The minimum Gasteiger partial charge on any atom is -0.368 e. The summed E-state index contributed by atoms with van der Waals surface area (Å²) in [5, 5.41) is 2.85. The molecule has 2 amide bonds. The van der Waals surface area contributed by atoms with E-state index in [1.807, 2.05) is 18.2 Å². The molecule has 2 aliphatic heterocycles. The molecule has 0 radical (unpaired) electrons. The van der Waals surface area contributed by atoms with Gasteiger partial charge in [0.15, 0.2) is 0 Å². The Hall–Kier alpha value is -1.88. The van der Waals surface area contributed by atoms with E-state index in [0.717, 1.165) is 18.5 Å². The summed E-state index contributed by atoms with van der Waals surface area (Å²) in [5.74, 6) is -0.308. The topological polar surface area (TPSA) is 58.6 Å². The predicted octanol–water partition coefficient (Wildman–Crippen LogP) is 1.93. The number of fused-ring (bicyclic) bond motifs is 1. The zero-order chi connectivity index (χ0) is 14.3. The van der Waals surface area contributed by atoms with Crippen LogP contribution in [0.15, 0.2) is 24.3 Å². The van der Waals surface area contributed by atoms with Gasteiger partial charge in [-0.25, -0.2) is 0 Å². The highest BCUT2D eigenvalue weighted by atomic mass is 16.5. The molecule has 1 saturated heterocycles. The lowest BCUT2D eigenvalue weighted by atomic mass is 9.95. The Morgan fingerprint density at radius 3 is 2.85 bits per heavy atom. The molecule has 3 rings (SSSR count). The lowest BCUT2D eigenvalue weighted by Gasteiger charge is -2.42. The molecule has 2 heterocycles. The van der Waals surface area contributed by atoms with Crippen molar-refractivity contribution in [3.8, 4) is 0 Å². The molecule has 1 fully saturated rings. The number of hydrogen-bond donors (Lipinski definition) is 1. The van der Waals surface area contributed by atoms with Crippen LogP contribution in [0.4, 0.5) is 11.4 Å². The minimum atomic E-state index is -0.919. The highest BCUT2D eigenvalue weighted by Crippen LogP contribution is 2.37. The lowest BCUT2D eigenvalue weighted by Crippen LogP contribution is -2.60. The summed E-state index contributed by atoms with van der Waals surface area (Å²) in [6, 6.07) is 7.36. The van der Waals surface area contributed by atoms with Gasteiger partial charge in [-0.15, -0.1) is 0 Å². The smallest absolute Gasteiger partial charge is 0.257 e. The fourth-order valence-electron chi connectivity index (χ4n) is 2.76. The predicted molar refractivity (Wildman–Crippen MR) is 75.6 cm³/mol. The average molecular weight is 274 g/mol. The van der Waals surface area contributed by atoms with Crippen LogP contribution in [0.3, 0.4) is 0 Å². The Morgan fingerprint density at radius 2 is 2.15 bits per heavy atom. The quantitative estimate of drug-likeness (QED) is 0.851. The maximum absolute atomic E-state index is 12.7. The molecule has 5 nitrogen and oxygen atoms in total. The molecule has 5 heteroatoms. The summed E-state index contributed by atoms with van der Waals surface area (Å²) in [6.45, 7) is 4.12. The molecule has 0 aliphatic carbocycles. The van der Waals surface area contributed by atoms with Crippen molar-refractivity contribution in [2.45, 2.75) is 38.3 Å². The first-order valence-corrected chi connectivity index (χ1v) is 6.88. The molecule has 1 aromatic carbocycles. The van der Waals surface area contributed by atoms with E-state index >= 15 is 0 Å². The van der Waals surface area contributed by atoms with Gasteiger partial charge < -0.3 is 10.1 Å². The van der Waals surface area contributed by atoms with E-state index in [2.05, 4.69) is 5.32 Å². The van der Waals surface area contributed by atoms with Crippen LogP contribution in [-0.2, 0) is 14.3 Å². The molecule has 0 aromatic heterocycles. The maximum atomic E-state index is 12.7. The normalized spacial score (nSPS) is 24.2. The average Bonchev–Trinajstić information content (AvgIpc) is 2.93. The van der Waals surface area contributed by atoms with Crippen molar-refractivity contribution in [1.29, 1.82) is 0 Å². The Morgan fingerprint density at radius 1 is 1.40 bits per heavy atom.